The van der Waals surface area contributed by atoms with Gasteiger partial charge in [-0.25, -0.2) is 14.3 Å². The zero-order chi connectivity index (χ0) is 30.4. The number of aliphatic hydroxyl groups excluding tert-OH is 2. The van der Waals surface area contributed by atoms with Crippen LogP contribution in [0.3, 0.4) is 0 Å². The topological polar surface area (TPSA) is 212 Å². The lowest BCUT2D eigenvalue weighted by atomic mass is 9.92. The summed E-state index contributed by atoms with van der Waals surface area (Å²) in [6.07, 6.45) is -1.96. The first-order valence-electron chi connectivity index (χ1n) is 13.4. The molecule has 0 saturated carbocycles. The third-order valence-corrected chi connectivity index (χ3v) is 8.17. The third-order valence-electron chi connectivity index (χ3n) is 7.25. The number of nitrogens with two attached hydrogens (primary N) is 1. The van der Waals surface area contributed by atoms with Crippen molar-refractivity contribution in [1.82, 2.24) is 19.7 Å². The van der Waals surface area contributed by atoms with Gasteiger partial charge in [0.2, 0.25) is 5.60 Å². The fraction of sp³-hybridized carbons (Fsp3) is 0.444. The van der Waals surface area contributed by atoms with Crippen LogP contribution in [-0.2, 0) is 20.0 Å². The van der Waals surface area contributed by atoms with Gasteiger partial charge in [-0.2, -0.15) is 15.4 Å². The standard InChI is InChI=1S/C27H33N6O8P/c1-3-17(4-2)12-32(20(26(36)37)14-42(38)41-18-8-6-5-7-9-18)39-13-21-23(34)24(35)27(15-28,40-21)22-11-10-19-25(29)30-16-31-33(19)22/h5-11,14,16-17,20-21,23-24,34-35H,3-4,12-13H2,1-2H3,(H,36,37)(H2,29,30,31)/t20-,21+,23+,24+,27-/m0/s1/i25+2. The van der Waals surface area contributed by atoms with Crippen molar-refractivity contribution >= 4 is 31.1 Å². The number of aliphatic carboxylic acids is 1. The van der Waals surface area contributed by atoms with Crippen LogP contribution in [0.5, 0.6) is 5.75 Å². The number of hydroxylamine groups is 2. The largest absolute Gasteiger partial charge is 0.595 e. The molecule has 3 heterocycles. The molecule has 1 unspecified atom stereocenters. The summed E-state index contributed by atoms with van der Waals surface area (Å²) in [4.78, 5) is 34.9. The minimum Gasteiger partial charge on any atom is -0.595 e. The molecule has 15 heteroatoms. The zero-order valence-corrected chi connectivity index (χ0v) is 23.9. The Labute approximate surface area is 243 Å². The number of aliphatic hydroxyl groups is 2. The van der Waals surface area contributed by atoms with Gasteiger partial charge in [0.1, 0.15) is 36.2 Å². The Hall–Kier alpha value is -3.67. The Balaban J connectivity index is 1.59. The molecule has 42 heavy (non-hydrogen) atoms. The second kappa shape index (κ2) is 13.5. The fourth-order valence-electron chi connectivity index (χ4n) is 4.76. The number of rotatable bonds is 13. The van der Waals surface area contributed by atoms with E-state index in [9.17, 15) is 30.3 Å². The number of para-hydroxylation sites is 1. The molecule has 224 valence electrons. The Bertz CT molecular complexity index is 1450. The number of aromatic nitrogens is 3. The van der Waals surface area contributed by atoms with E-state index in [0.29, 0.717) is 24.1 Å². The summed E-state index contributed by atoms with van der Waals surface area (Å²) >= 11 is 0. The van der Waals surface area contributed by atoms with Gasteiger partial charge in [0, 0.05) is 6.54 Å². The molecular weight excluding hydrogens is 569 g/mol. The second-order valence-electron chi connectivity index (χ2n) is 9.80. The summed E-state index contributed by atoms with van der Waals surface area (Å²) in [5, 5.41) is 47.4. The Kier molecular flexibility index (Phi) is 10.1. The van der Waals surface area contributed by atoms with Crippen LogP contribution in [0.25, 0.3) is 5.52 Å². The van der Waals surface area contributed by atoms with Crippen molar-refractivity contribution in [1.29, 1.82) is 5.26 Å². The summed E-state index contributed by atoms with van der Waals surface area (Å²) in [6.45, 7) is 3.61. The van der Waals surface area contributed by atoms with Crippen LogP contribution in [0.2, 0.25) is 0 Å². The van der Waals surface area contributed by atoms with Crippen molar-refractivity contribution in [3.63, 3.8) is 0 Å². The monoisotopic (exact) mass is 602 g/mol. The van der Waals surface area contributed by atoms with E-state index in [1.54, 1.807) is 36.4 Å². The number of nitrogen functional groups attached to an aromatic ring is 1. The van der Waals surface area contributed by atoms with Gasteiger partial charge >= 0.3 is 5.97 Å². The van der Waals surface area contributed by atoms with Crippen molar-refractivity contribution in [2.24, 2.45) is 5.92 Å². The van der Waals surface area contributed by atoms with Crippen molar-refractivity contribution in [3.05, 3.63) is 54.5 Å². The molecule has 1 aromatic carbocycles. The Morgan fingerprint density at radius 3 is 2.69 bits per heavy atom. The average Bonchev–Trinajstić information content (AvgIpc) is 3.53. The number of ether oxygens (including phenoxy) is 1. The molecule has 2 aromatic heterocycles. The minimum atomic E-state index is -2.56. The number of carboxylic acids is 1. The van der Waals surface area contributed by atoms with Crippen LogP contribution in [-0.4, -0.2) is 84.3 Å². The van der Waals surface area contributed by atoms with Gasteiger partial charge in [-0.1, -0.05) is 44.9 Å². The number of hydrogen-bond donors (Lipinski definition) is 4. The van der Waals surface area contributed by atoms with Gasteiger partial charge in [0.25, 0.3) is 8.00 Å². The van der Waals surface area contributed by atoms with Gasteiger partial charge in [0.15, 0.2) is 23.4 Å². The number of carboxylic acid groups (broad SMARTS) is 1. The van der Waals surface area contributed by atoms with Gasteiger partial charge in [-0.15, -0.1) is 0 Å². The molecule has 0 amide bonds. The molecule has 0 spiro atoms. The highest BCUT2D eigenvalue weighted by Gasteiger charge is 2.57. The molecule has 1 aliphatic rings. The SMILES string of the molecule is CCC(CC)CN(OC[C@H]1O[C@@](C#N)(c2ccc3[14c](N)ncnn23)[C@H](O)[C@@H]1O)[C@@H](C=[P+]([O-])Oc1ccccc1)C(=O)O. The highest BCUT2D eigenvalue weighted by atomic mass is 31.1. The van der Waals surface area contributed by atoms with E-state index in [0.717, 1.165) is 10.9 Å². The zero-order valence-electron chi connectivity index (χ0n) is 23.1. The van der Waals surface area contributed by atoms with Crippen molar-refractivity contribution < 1.29 is 39.1 Å². The number of carbonyl (C=O) groups is 1. The third kappa shape index (κ3) is 6.38. The van der Waals surface area contributed by atoms with Crippen LogP contribution >= 0.6 is 8.00 Å². The number of hydrogen-bond acceptors (Lipinski definition) is 12. The summed E-state index contributed by atoms with van der Waals surface area (Å²) in [7, 11) is -2.56. The lowest BCUT2D eigenvalue weighted by Gasteiger charge is -2.29. The first-order chi connectivity index (χ1) is 20.1. The maximum Gasteiger partial charge on any atom is 0.331 e. The fourth-order valence-corrected chi connectivity index (χ4v) is 5.66. The van der Waals surface area contributed by atoms with Crippen molar-refractivity contribution in [3.8, 4) is 11.8 Å². The van der Waals surface area contributed by atoms with Gasteiger partial charge < -0.3 is 30.7 Å². The summed E-state index contributed by atoms with van der Waals surface area (Å²) in [5.41, 5.74) is 4.34. The molecule has 0 bridgehead atoms. The summed E-state index contributed by atoms with van der Waals surface area (Å²) in [5.74, 6) is 0.158. The highest BCUT2D eigenvalue weighted by molar-refractivity contribution is 7.45. The molecule has 0 radical (unpaired) electrons. The second-order valence-corrected chi connectivity index (χ2v) is 10.9. The number of benzene rings is 1. The Morgan fingerprint density at radius 1 is 1.33 bits per heavy atom. The van der Waals surface area contributed by atoms with E-state index >= 15 is 0 Å². The van der Waals surface area contributed by atoms with E-state index in [1.807, 2.05) is 19.9 Å². The van der Waals surface area contributed by atoms with Gasteiger partial charge in [-0.3, -0.25) is 9.36 Å². The number of nitrogens with zero attached hydrogens (tertiary/aromatic N) is 5. The summed E-state index contributed by atoms with van der Waals surface area (Å²) < 4.78 is 12.6. The molecular formula is C27H33N6O8P. The van der Waals surface area contributed by atoms with E-state index in [-0.39, 0.29) is 24.0 Å². The van der Waals surface area contributed by atoms with E-state index in [4.69, 9.17) is 19.8 Å². The normalized spacial score (nSPS) is 23.4. The molecule has 1 saturated heterocycles. The van der Waals surface area contributed by atoms with E-state index < -0.39 is 50.5 Å². The predicted octanol–water partition coefficient (Wildman–Crippen LogP) is 0.827. The molecule has 1 aliphatic heterocycles. The average molecular weight is 603 g/mol. The van der Waals surface area contributed by atoms with Crippen LogP contribution in [0.4, 0.5) is 5.82 Å². The first-order valence-corrected chi connectivity index (χ1v) is 14.6. The summed E-state index contributed by atoms with van der Waals surface area (Å²) in [6, 6.07) is 11.8. The molecule has 14 nitrogen and oxygen atoms in total. The first kappa shape index (κ1) is 31.3. The molecule has 1 fully saturated rings. The number of fused-ring (bicyclic) bond motifs is 1. The molecule has 3 aromatic rings. The van der Waals surface area contributed by atoms with Crippen LogP contribution < -0.4 is 15.2 Å². The Morgan fingerprint density at radius 2 is 2.05 bits per heavy atom. The lowest BCUT2D eigenvalue weighted by Crippen LogP contribution is -2.47. The van der Waals surface area contributed by atoms with Crippen LogP contribution in [0.1, 0.15) is 32.4 Å². The van der Waals surface area contributed by atoms with E-state index in [2.05, 4.69) is 10.1 Å². The van der Waals surface area contributed by atoms with Crippen molar-refractivity contribution in [2.75, 3.05) is 18.9 Å². The van der Waals surface area contributed by atoms with Gasteiger partial charge in [-0.05, 0) is 30.2 Å². The predicted molar refractivity (Wildman–Crippen MR) is 150 cm³/mol. The maximum atomic E-state index is 12.8. The van der Waals surface area contributed by atoms with E-state index in [1.165, 1.54) is 16.9 Å². The van der Waals surface area contributed by atoms with Crippen LogP contribution in [0, 0.1) is 17.2 Å². The lowest BCUT2D eigenvalue weighted by molar-refractivity contribution is -0.214. The highest BCUT2D eigenvalue weighted by Crippen LogP contribution is 2.40. The number of nitriles is 1. The van der Waals surface area contributed by atoms with Crippen LogP contribution in [0.15, 0.2) is 48.8 Å². The smallest absolute Gasteiger partial charge is 0.331 e. The van der Waals surface area contributed by atoms with Crippen molar-refractivity contribution in [2.45, 2.75) is 56.6 Å². The van der Waals surface area contributed by atoms with Gasteiger partial charge in [0.05, 0.1) is 12.3 Å². The maximum absolute atomic E-state index is 12.8. The molecule has 0 aliphatic carbocycles. The number of anilines is 1. The minimum absolute atomic E-state index is 0.0172. The molecule has 6 atom stereocenters. The quantitative estimate of drug-likeness (QED) is 0.158. The molecule has 5 N–H and O–H groups in total. The molecule has 4 rings (SSSR count).